The van der Waals surface area contributed by atoms with Crippen molar-refractivity contribution in [2.24, 2.45) is 0 Å². The number of amides is 1. The summed E-state index contributed by atoms with van der Waals surface area (Å²) in [5, 5.41) is 0. The Hall–Kier alpha value is -1.77. The van der Waals surface area contributed by atoms with E-state index in [1.54, 1.807) is 29.3 Å². The van der Waals surface area contributed by atoms with E-state index in [1.807, 2.05) is 19.9 Å². The molecule has 24 heavy (non-hydrogen) atoms. The number of aryl methyl sites for hydroxylation is 2. The third-order valence-corrected chi connectivity index (χ3v) is 7.36. The molecule has 3 rings (SSSR count). The van der Waals surface area contributed by atoms with Gasteiger partial charge in [-0.05, 0) is 38.1 Å². The molecule has 0 bridgehead atoms. The molecule has 128 valence electrons. The zero-order valence-electron chi connectivity index (χ0n) is 13.6. The number of carbonyl (C=O) groups excluding carboxylic acids is 1. The number of rotatable bonds is 3. The molecular formula is C16H19N3O3S2. The molecule has 1 aliphatic heterocycles. The molecule has 0 N–H and O–H groups in total. The average Bonchev–Trinajstić information content (AvgIpc) is 3.02. The lowest BCUT2D eigenvalue weighted by Crippen LogP contribution is -2.50. The van der Waals surface area contributed by atoms with Gasteiger partial charge in [-0.25, -0.2) is 8.42 Å². The van der Waals surface area contributed by atoms with Crippen LogP contribution in [0.15, 0.2) is 34.7 Å². The molecule has 0 unspecified atom stereocenters. The quantitative estimate of drug-likeness (QED) is 0.833. The topological polar surface area (TPSA) is 70.6 Å². The first-order valence-electron chi connectivity index (χ1n) is 7.66. The van der Waals surface area contributed by atoms with Crippen LogP contribution in [-0.2, 0) is 10.0 Å². The predicted molar refractivity (Wildman–Crippen MR) is 92.7 cm³/mol. The van der Waals surface area contributed by atoms with E-state index < -0.39 is 10.0 Å². The number of nitrogens with zero attached hydrogens (tertiary/aromatic N) is 3. The molecule has 0 aliphatic carbocycles. The van der Waals surface area contributed by atoms with E-state index >= 15 is 0 Å². The van der Waals surface area contributed by atoms with E-state index in [-0.39, 0.29) is 5.91 Å². The van der Waals surface area contributed by atoms with Crippen LogP contribution in [-0.4, -0.2) is 54.7 Å². The molecule has 1 saturated heterocycles. The summed E-state index contributed by atoms with van der Waals surface area (Å²) in [6.45, 7) is 5.14. The van der Waals surface area contributed by atoms with Crippen molar-refractivity contribution in [2.45, 2.75) is 18.1 Å². The fourth-order valence-corrected chi connectivity index (χ4v) is 5.45. The highest BCUT2D eigenvalue weighted by Gasteiger charge is 2.31. The molecule has 2 aromatic heterocycles. The lowest BCUT2D eigenvalue weighted by atomic mass is 10.2. The van der Waals surface area contributed by atoms with Crippen LogP contribution in [0.5, 0.6) is 0 Å². The molecule has 3 heterocycles. The minimum atomic E-state index is -3.46. The summed E-state index contributed by atoms with van der Waals surface area (Å²) in [6.07, 6.45) is 1.56. The van der Waals surface area contributed by atoms with Crippen molar-refractivity contribution in [2.75, 3.05) is 26.2 Å². The Kier molecular flexibility index (Phi) is 4.71. The minimum Gasteiger partial charge on any atom is -0.336 e. The smallest absolute Gasteiger partial charge is 0.255 e. The molecule has 1 aliphatic rings. The number of sulfonamides is 1. The molecule has 8 heteroatoms. The van der Waals surface area contributed by atoms with Crippen LogP contribution >= 0.6 is 11.3 Å². The number of hydrogen-bond donors (Lipinski definition) is 0. The SMILES string of the molecule is Cc1ccc(C(=O)N2CCN(S(=O)(=O)c3ccc(C)s3)CC2)cn1. The third kappa shape index (κ3) is 3.35. The fourth-order valence-electron chi connectivity index (χ4n) is 2.59. The van der Waals surface area contributed by atoms with Crippen molar-refractivity contribution in [3.63, 3.8) is 0 Å². The molecule has 2 aromatic rings. The molecule has 0 atom stereocenters. The zero-order valence-corrected chi connectivity index (χ0v) is 15.2. The summed E-state index contributed by atoms with van der Waals surface area (Å²) in [6, 6.07) is 7.00. The van der Waals surface area contributed by atoms with E-state index in [0.29, 0.717) is 36.0 Å². The third-order valence-electron chi connectivity index (χ3n) is 3.99. The maximum atomic E-state index is 12.6. The van der Waals surface area contributed by atoms with Crippen LogP contribution < -0.4 is 0 Å². The highest BCUT2D eigenvalue weighted by Crippen LogP contribution is 2.25. The van der Waals surface area contributed by atoms with Gasteiger partial charge in [0.1, 0.15) is 4.21 Å². The van der Waals surface area contributed by atoms with Gasteiger partial charge in [0.25, 0.3) is 15.9 Å². The molecule has 1 amide bonds. The van der Waals surface area contributed by atoms with Gasteiger partial charge in [0.2, 0.25) is 0 Å². The summed E-state index contributed by atoms with van der Waals surface area (Å²) < 4.78 is 27.0. The summed E-state index contributed by atoms with van der Waals surface area (Å²) >= 11 is 1.28. The number of aromatic nitrogens is 1. The number of hydrogen-bond acceptors (Lipinski definition) is 5. The Morgan fingerprint density at radius 3 is 2.33 bits per heavy atom. The van der Waals surface area contributed by atoms with Crippen LogP contribution in [0.3, 0.4) is 0 Å². The number of piperazine rings is 1. The molecular weight excluding hydrogens is 346 g/mol. The summed E-state index contributed by atoms with van der Waals surface area (Å²) in [7, 11) is -3.46. The van der Waals surface area contributed by atoms with Gasteiger partial charge < -0.3 is 4.90 Å². The normalized spacial score (nSPS) is 16.3. The van der Waals surface area contributed by atoms with Gasteiger partial charge >= 0.3 is 0 Å². The molecule has 0 aromatic carbocycles. The lowest BCUT2D eigenvalue weighted by molar-refractivity contribution is 0.0697. The molecule has 0 radical (unpaired) electrons. The first-order chi connectivity index (χ1) is 11.4. The van der Waals surface area contributed by atoms with Gasteiger partial charge in [-0.1, -0.05) is 0 Å². The van der Waals surface area contributed by atoms with E-state index in [2.05, 4.69) is 4.98 Å². The van der Waals surface area contributed by atoms with Crippen molar-refractivity contribution in [3.05, 3.63) is 46.6 Å². The summed E-state index contributed by atoms with van der Waals surface area (Å²) in [5.41, 5.74) is 1.39. The van der Waals surface area contributed by atoms with Gasteiger partial charge in [-0.2, -0.15) is 4.31 Å². The van der Waals surface area contributed by atoms with Crippen molar-refractivity contribution in [1.82, 2.24) is 14.2 Å². The van der Waals surface area contributed by atoms with Gasteiger partial charge in [-0.3, -0.25) is 9.78 Å². The van der Waals surface area contributed by atoms with E-state index in [9.17, 15) is 13.2 Å². The van der Waals surface area contributed by atoms with Crippen LogP contribution in [0.4, 0.5) is 0 Å². The van der Waals surface area contributed by atoms with Gasteiger partial charge in [0, 0.05) is 42.9 Å². The van der Waals surface area contributed by atoms with Crippen LogP contribution in [0.2, 0.25) is 0 Å². The van der Waals surface area contributed by atoms with Crippen molar-refractivity contribution in [3.8, 4) is 0 Å². The van der Waals surface area contributed by atoms with Crippen LogP contribution in [0, 0.1) is 13.8 Å². The second-order valence-corrected chi connectivity index (χ2v) is 9.20. The zero-order chi connectivity index (χ0) is 17.3. The summed E-state index contributed by atoms with van der Waals surface area (Å²) in [4.78, 5) is 19.2. The highest BCUT2D eigenvalue weighted by atomic mass is 32.2. The van der Waals surface area contributed by atoms with E-state index in [0.717, 1.165) is 10.6 Å². The Bertz CT molecular complexity index is 836. The number of thiophene rings is 1. The molecule has 6 nitrogen and oxygen atoms in total. The molecule has 0 spiro atoms. The van der Waals surface area contributed by atoms with Crippen molar-refractivity contribution in [1.29, 1.82) is 0 Å². The Morgan fingerprint density at radius 2 is 1.79 bits per heavy atom. The fraction of sp³-hybridized carbons (Fsp3) is 0.375. The lowest BCUT2D eigenvalue weighted by Gasteiger charge is -2.33. The largest absolute Gasteiger partial charge is 0.336 e. The first kappa shape index (κ1) is 17.1. The van der Waals surface area contributed by atoms with Crippen molar-refractivity contribution < 1.29 is 13.2 Å². The van der Waals surface area contributed by atoms with E-state index in [4.69, 9.17) is 0 Å². The van der Waals surface area contributed by atoms with Crippen LogP contribution in [0.25, 0.3) is 0 Å². The Balaban J connectivity index is 1.67. The molecule has 1 fully saturated rings. The van der Waals surface area contributed by atoms with Gasteiger partial charge in [0.15, 0.2) is 0 Å². The van der Waals surface area contributed by atoms with Gasteiger partial charge in [-0.15, -0.1) is 11.3 Å². The van der Waals surface area contributed by atoms with E-state index in [1.165, 1.54) is 15.6 Å². The average molecular weight is 365 g/mol. The maximum Gasteiger partial charge on any atom is 0.255 e. The Morgan fingerprint density at radius 1 is 1.08 bits per heavy atom. The standard InChI is InChI=1S/C16H19N3O3S2/c1-12-3-5-14(11-17-12)16(20)18-7-9-19(10-8-18)24(21,22)15-6-4-13(2)23-15/h3-6,11H,7-10H2,1-2H3. The molecule has 0 saturated carbocycles. The first-order valence-corrected chi connectivity index (χ1v) is 9.92. The second-order valence-electron chi connectivity index (χ2n) is 5.75. The van der Waals surface area contributed by atoms with Crippen LogP contribution in [0.1, 0.15) is 20.9 Å². The monoisotopic (exact) mass is 365 g/mol. The summed E-state index contributed by atoms with van der Waals surface area (Å²) in [5.74, 6) is -0.105. The van der Waals surface area contributed by atoms with Crippen molar-refractivity contribution >= 4 is 27.3 Å². The number of carbonyl (C=O) groups is 1. The Labute approximate surface area is 145 Å². The minimum absolute atomic E-state index is 0.105. The second kappa shape index (κ2) is 6.62. The highest BCUT2D eigenvalue weighted by molar-refractivity contribution is 7.91. The van der Waals surface area contributed by atoms with Gasteiger partial charge in [0.05, 0.1) is 5.56 Å². The maximum absolute atomic E-state index is 12.6. The number of pyridine rings is 1. The predicted octanol–water partition coefficient (Wildman–Crippen LogP) is 1.91.